The monoisotopic (exact) mass is 355 g/mol. The normalized spacial score (nSPS) is 14.0. The van der Waals surface area contributed by atoms with Crippen LogP contribution in [0.15, 0.2) is 36.4 Å². The topological polar surface area (TPSA) is 94.4 Å². The number of aryl methyl sites for hydroxylation is 1. The van der Waals surface area contributed by atoms with Crippen molar-refractivity contribution in [2.75, 3.05) is 23.8 Å². The number of carbonyl (C=O) groups is 1. The van der Waals surface area contributed by atoms with Gasteiger partial charge in [0.1, 0.15) is 35.9 Å². The molecule has 0 saturated carbocycles. The second-order valence-electron chi connectivity index (χ2n) is 5.99. The third-order valence-electron chi connectivity index (χ3n) is 4.07. The Hall–Kier alpha value is -3.11. The average Bonchev–Trinajstić information content (AvgIpc) is 2.64. The van der Waals surface area contributed by atoms with Crippen molar-refractivity contribution in [3.63, 3.8) is 0 Å². The summed E-state index contributed by atoms with van der Waals surface area (Å²) >= 11 is 0. The second-order valence-corrected chi connectivity index (χ2v) is 5.99. The van der Waals surface area contributed by atoms with Crippen LogP contribution >= 0.6 is 0 Å². The third kappa shape index (κ3) is 4.10. The molecular formula is C19H18FN3O3. The molecule has 0 radical (unpaired) electrons. The molecule has 0 bridgehead atoms. The largest absolute Gasteiger partial charge is 0.491 e. The molecule has 1 aliphatic rings. The van der Waals surface area contributed by atoms with Gasteiger partial charge in [-0.1, -0.05) is 6.07 Å². The molecule has 134 valence electrons. The van der Waals surface area contributed by atoms with Crippen LogP contribution in [-0.2, 0) is 11.2 Å². The molecule has 26 heavy (non-hydrogen) atoms. The highest BCUT2D eigenvalue weighted by Gasteiger charge is 2.15. The van der Waals surface area contributed by atoms with Gasteiger partial charge in [-0.25, -0.2) is 4.39 Å². The second kappa shape index (κ2) is 7.85. The summed E-state index contributed by atoms with van der Waals surface area (Å²) in [5, 5.41) is 24.7. The number of nitrogens with one attached hydrogen (secondary N) is 2. The number of hydrogen-bond acceptors (Lipinski definition) is 5. The van der Waals surface area contributed by atoms with Gasteiger partial charge in [0.15, 0.2) is 0 Å². The number of nitriles is 1. The molecule has 3 N–H and O–H groups in total. The van der Waals surface area contributed by atoms with Crippen LogP contribution in [0.5, 0.6) is 5.75 Å². The average molecular weight is 355 g/mol. The molecule has 0 saturated heterocycles. The first kappa shape index (κ1) is 17.7. The van der Waals surface area contributed by atoms with E-state index < -0.39 is 11.9 Å². The van der Waals surface area contributed by atoms with Crippen molar-refractivity contribution in [2.24, 2.45) is 0 Å². The summed E-state index contributed by atoms with van der Waals surface area (Å²) in [5.74, 6) is -0.00596. The summed E-state index contributed by atoms with van der Waals surface area (Å²) < 4.78 is 19.1. The van der Waals surface area contributed by atoms with Gasteiger partial charge in [0.05, 0.1) is 5.69 Å². The number of anilines is 2. The fraction of sp³-hybridized carbons (Fsp3) is 0.263. The Morgan fingerprint density at radius 1 is 1.35 bits per heavy atom. The highest BCUT2D eigenvalue weighted by atomic mass is 19.1. The summed E-state index contributed by atoms with van der Waals surface area (Å²) in [6, 6.07) is 11.4. The van der Waals surface area contributed by atoms with Crippen molar-refractivity contribution in [1.82, 2.24) is 0 Å². The lowest BCUT2D eigenvalue weighted by atomic mass is 10.0. The minimum atomic E-state index is -0.847. The Labute approximate surface area is 150 Å². The van der Waals surface area contributed by atoms with E-state index in [2.05, 4.69) is 10.6 Å². The number of nitrogens with zero attached hydrogens (tertiary/aromatic N) is 1. The van der Waals surface area contributed by atoms with Gasteiger partial charge in [-0.05, 0) is 42.3 Å². The van der Waals surface area contributed by atoms with Crippen LogP contribution in [0.3, 0.4) is 0 Å². The molecule has 0 aromatic heterocycles. The van der Waals surface area contributed by atoms with Crippen LogP contribution in [0.25, 0.3) is 0 Å². The molecule has 1 unspecified atom stereocenters. The minimum Gasteiger partial charge on any atom is -0.491 e. The van der Waals surface area contributed by atoms with E-state index in [1.807, 2.05) is 6.07 Å². The number of amides is 1. The van der Waals surface area contributed by atoms with Gasteiger partial charge in [0, 0.05) is 18.7 Å². The third-order valence-corrected chi connectivity index (χ3v) is 4.07. The first-order valence-electron chi connectivity index (χ1n) is 8.23. The van der Waals surface area contributed by atoms with Crippen molar-refractivity contribution in [3.05, 3.63) is 53.3 Å². The molecule has 3 rings (SSSR count). The van der Waals surface area contributed by atoms with Gasteiger partial charge < -0.3 is 20.5 Å². The molecule has 1 amide bonds. The van der Waals surface area contributed by atoms with E-state index in [4.69, 9.17) is 10.00 Å². The van der Waals surface area contributed by atoms with E-state index in [1.165, 1.54) is 12.1 Å². The number of benzene rings is 2. The standard InChI is InChI=1S/C19H18FN3O3/c20-16-2-1-3-18(15(16)9-21)22-10-13(24)11-26-14-5-6-17-12(8-14)4-7-19(25)23-17/h1-3,5-6,8,13,22,24H,4,7,10-11H2,(H,23,25). The van der Waals surface area contributed by atoms with Crippen molar-refractivity contribution in [2.45, 2.75) is 18.9 Å². The molecule has 1 aliphatic heterocycles. The van der Waals surface area contributed by atoms with Gasteiger partial charge in [-0.3, -0.25) is 4.79 Å². The van der Waals surface area contributed by atoms with E-state index in [0.717, 1.165) is 11.3 Å². The quantitative estimate of drug-likeness (QED) is 0.740. The predicted octanol–water partition coefficient (Wildman–Crippen LogP) is 2.43. The lowest BCUT2D eigenvalue weighted by Gasteiger charge is -2.19. The summed E-state index contributed by atoms with van der Waals surface area (Å²) in [7, 11) is 0. The van der Waals surface area contributed by atoms with Crippen LogP contribution in [0.4, 0.5) is 15.8 Å². The van der Waals surface area contributed by atoms with Crippen LogP contribution < -0.4 is 15.4 Å². The van der Waals surface area contributed by atoms with Gasteiger partial charge in [-0.15, -0.1) is 0 Å². The number of rotatable bonds is 6. The maximum absolute atomic E-state index is 13.5. The molecular weight excluding hydrogens is 337 g/mol. The zero-order valence-corrected chi connectivity index (χ0v) is 14.0. The van der Waals surface area contributed by atoms with Crippen molar-refractivity contribution < 1.29 is 19.0 Å². The molecule has 2 aromatic rings. The van der Waals surface area contributed by atoms with Crippen LogP contribution in [0, 0.1) is 17.1 Å². The van der Waals surface area contributed by atoms with Gasteiger partial charge in [0.2, 0.25) is 5.91 Å². The Balaban J connectivity index is 1.53. The van der Waals surface area contributed by atoms with Crippen LogP contribution in [-0.4, -0.2) is 30.3 Å². The number of fused-ring (bicyclic) bond motifs is 1. The fourth-order valence-corrected chi connectivity index (χ4v) is 2.71. The summed E-state index contributed by atoms with van der Waals surface area (Å²) in [4.78, 5) is 11.4. The number of hydrogen-bond donors (Lipinski definition) is 3. The maximum atomic E-state index is 13.5. The highest BCUT2D eigenvalue weighted by Crippen LogP contribution is 2.26. The first-order chi connectivity index (χ1) is 12.6. The van der Waals surface area contributed by atoms with E-state index in [-0.39, 0.29) is 24.6 Å². The van der Waals surface area contributed by atoms with Gasteiger partial charge in [0.25, 0.3) is 0 Å². The summed E-state index contributed by atoms with van der Waals surface area (Å²) in [5.41, 5.74) is 2.02. The van der Waals surface area contributed by atoms with Crippen LogP contribution in [0.2, 0.25) is 0 Å². The molecule has 6 nitrogen and oxygen atoms in total. The van der Waals surface area contributed by atoms with Crippen LogP contribution in [0.1, 0.15) is 17.5 Å². The zero-order chi connectivity index (χ0) is 18.5. The molecule has 0 spiro atoms. The molecule has 2 aromatic carbocycles. The zero-order valence-electron chi connectivity index (χ0n) is 14.0. The Morgan fingerprint density at radius 3 is 3.00 bits per heavy atom. The Bertz CT molecular complexity index is 864. The minimum absolute atomic E-state index is 0.00162. The van der Waals surface area contributed by atoms with Crippen molar-refractivity contribution in [3.8, 4) is 11.8 Å². The molecule has 7 heteroatoms. The lowest BCUT2D eigenvalue weighted by molar-refractivity contribution is -0.116. The fourth-order valence-electron chi connectivity index (χ4n) is 2.71. The van der Waals surface area contributed by atoms with Gasteiger partial charge >= 0.3 is 0 Å². The molecule has 1 heterocycles. The molecule has 0 fully saturated rings. The Kier molecular flexibility index (Phi) is 5.34. The molecule has 0 aliphatic carbocycles. The first-order valence-corrected chi connectivity index (χ1v) is 8.23. The lowest BCUT2D eigenvalue weighted by Crippen LogP contribution is -2.26. The van der Waals surface area contributed by atoms with E-state index in [1.54, 1.807) is 24.3 Å². The number of ether oxygens (including phenoxy) is 1. The van der Waals surface area contributed by atoms with Crippen molar-refractivity contribution in [1.29, 1.82) is 5.26 Å². The Morgan fingerprint density at radius 2 is 2.19 bits per heavy atom. The van der Waals surface area contributed by atoms with Gasteiger partial charge in [-0.2, -0.15) is 5.26 Å². The number of aliphatic hydroxyl groups is 1. The van der Waals surface area contributed by atoms with E-state index in [0.29, 0.717) is 24.3 Å². The predicted molar refractivity (Wildman–Crippen MR) is 94.5 cm³/mol. The van der Waals surface area contributed by atoms with Crippen molar-refractivity contribution >= 4 is 17.3 Å². The van der Waals surface area contributed by atoms with E-state index in [9.17, 15) is 14.3 Å². The summed E-state index contributed by atoms with van der Waals surface area (Å²) in [6.45, 7) is 0.147. The number of aliphatic hydroxyl groups excluding tert-OH is 1. The highest BCUT2D eigenvalue weighted by molar-refractivity contribution is 5.94. The summed E-state index contributed by atoms with van der Waals surface area (Å²) in [6.07, 6.45) is 0.247. The molecule has 1 atom stereocenters. The smallest absolute Gasteiger partial charge is 0.224 e. The number of halogens is 1. The number of carbonyl (C=O) groups excluding carboxylic acids is 1. The van der Waals surface area contributed by atoms with E-state index >= 15 is 0 Å². The maximum Gasteiger partial charge on any atom is 0.224 e. The SMILES string of the molecule is N#Cc1c(F)cccc1NCC(O)COc1ccc2c(c1)CCC(=O)N2.